The number of ether oxygens (including phenoxy) is 9. The van der Waals surface area contributed by atoms with E-state index in [2.05, 4.69) is 79.8 Å². The molecule has 2 aromatic heterocycles. The molecule has 1 unspecified atom stereocenters. The number of benzene rings is 1. The smallest absolute Gasteiger partial charge is 0.407 e. The number of hydrogen-bond acceptors (Lipinski definition) is 22. The van der Waals surface area contributed by atoms with E-state index in [-0.39, 0.29) is 63.6 Å². The van der Waals surface area contributed by atoms with E-state index in [9.17, 15) is 32.5 Å². The Morgan fingerprint density at radius 3 is 2.05 bits per heavy atom. The summed E-state index contributed by atoms with van der Waals surface area (Å²) in [5, 5.41) is 25.1. The van der Waals surface area contributed by atoms with E-state index in [1.807, 2.05) is 11.0 Å². The SMILES string of the molecule is O=C[C@H](CCC(=O)O)NOc1c[nH]c2cc(Br)c(OCCOCCOCCOCCOCCOc3nc(NCCOCCOCCNC(=O)OCC4[C@H]5CCC#CCC[C@@H]45)nc(N4CC[N+](CCCO)(CCCS(=O)(=O)O)CC4)n3)c(Br)c12. The lowest BCUT2D eigenvalue weighted by molar-refractivity contribution is -0.928. The number of alkyl carbamates (subject to hydrolysis) is 1. The number of carboxylic acids is 1. The Hall–Kier alpha value is -4.75. The third-order valence-electron chi connectivity index (χ3n) is 14.0. The van der Waals surface area contributed by atoms with Crippen LogP contribution in [0.2, 0.25) is 0 Å². The Labute approximate surface area is 500 Å². The monoisotopic (exact) mass is 1320 g/mol. The molecule has 1 amide bonds. The van der Waals surface area contributed by atoms with Crippen LogP contribution in [0.15, 0.2) is 21.2 Å². The van der Waals surface area contributed by atoms with Crippen LogP contribution in [0.5, 0.6) is 17.5 Å². The predicted molar refractivity (Wildman–Crippen MR) is 309 cm³/mol. The number of anilines is 2. The van der Waals surface area contributed by atoms with Crippen molar-refractivity contribution in [3.05, 3.63) is 21.2 Å². The quantitative estimate of drug-likeness (QED) is 0.0106. The number of amides is 1. The van der Waals surface area contributed by atoms with Gasteiger partial charge in [0.05, 0.1) is 157 Å². The molecular weight excluding hydrogens is 1240 g/mol. The first-order valence-corrected chi connectivity index (χ1v) is 31.3. The van der Waals surface area contributed by atoms with Crippen molar-refractivity contribution in [3.63, 3.8) is 0 Å². The van der Waals surface area contributed by atoms with Crippen molar-refractivity contribution in [3.8, 4) is 29.4 Å². The number of H-pyrrole nitrogens is 1. The molecule has 3 aliphatic rings. The minimum Gasteiger partial charge on any atom is -0.489 e. The van der Waals surface area contributed by atoms with Crippen molar-refractivity contribution in [1.29, 1.82) is 0 Å². The molecule has 0 bridgehead atoms. The number of hydroxylamine groups is 1. The second kappa shape index (κ2) is 37.0. The van der Waals surface area contributed by atoms with Crippen LogP contribution in [0.25, 0.3) is 10.9 Å². The van der Waals surface area contributed by atoms with Crippen LogP contribution in [0.1, 0.15) is 51.4 Å². The molecule has 2 aliphatic carbocycles. The van der Waals surface area contributed by atoms with Gasteiger partial charge < -0.3 is 87.5 Å². The summed E-state index contributed by atoms with van der Waals surface area (Å²) in [4.78, 5) is 59.1. The number of aromatic amines is 1. The van der Waals surface area contributed by atoms with Crippen molar-refractivity contribution >= 4 is 83.1 Å². The number of fused-ring (bicyclic) bond motifs is 2. The summed E-state index contributed by atoms with van der Waals surface area (Å²) in [5.74, 6) is 8.31. The van der Waals surface area contributed by atoms with E-state index < -0.39 is 28.2 Å². The number of aliphatic hydroxyl groups is 1. The molecule has 464 valence electrons. The minimum absolute atomic E-state index is 0.0147. The van der Waals surface area contributed by atoms with E-state index >= 15 is 0 Å². The molecule has 4 atom stereocenters. The van der Waals surface area contributed by atoms with E-state index in [1.54, 1.807) is 6.20 Å². The Bertz CT molecular complexity index is 2610. The highest BCUT2D eigenvalue weighted by atomic mass is 79.9. The van der Waals surface area contributed by atoms with Crippen LogP contribution in [0, 0.1) is 29.6 Å². The van der Waals surface area contributed by atoms with Crippen molar-refractivity contribution in [2.45, 2.75) is 57.4 Å². The lowest BCUT2D eigenvalue weighted by atomic mass is 10.1. The lowest BCUT2D eigenvalue weighted by Gasteiger charge is -2.45. The predicted octanol–water partition coefficient (Wildman–Crippen LogP) is 3.63. The van der Waals surface area contributed by atoms with Gasteiger partial charge in [0.25, 0.3) is 10.1 Å². The van der Waals surface area contributed by atoms with Crippen LogP contribution in [-0.4, -0.2) is 236 Å². The molecule has 0 spiro atoms. The number of aliphatic hydroxyl groups excluding tert-OH is 1. The number of quaternary nitrogens is 1. The highest BCUT2D eigenvalue weighted by molar-refractivity contribution is 9.11. The van der Waals surface area contributed by atoms with E-state index in [1.165, 1.54) is 0 Å². The van der Waals surface area contributed by atoms with Gasteiger partial charge in [0.1, 0.15) is 25.2 Å². The molecule has 0 radical (unpaired) electrons. The standard InChI is InChI=1S/C53H79Br2N9O18S/c54-43-35-44-47(45(36-58-44)82-62-39(37-66)9-10-46(67)68)48(55)49(43)79-32-30-77-28-26-75-24-25-76-27-29-78-31-33-80-52-60-50(59-51(61-52)63-13-17-64(18-14-63,15-5-19-65)16-6-34-83(70,71)72)56-11-20-73-22-23-74-21-12-57-53(69)81-38-42-40-7-3-1-2-4-8-41(40)42/h35-37,39-42,58,62,65H,3-34,38H2,(H3-,56,57,59,60,61,67,68,69,70,71,72)/p+1/t39-,40-,41+,42?/m0/s1. The van der Waals surface area contributed by atoms with E-state index in [4.69, 9.17) is 52.6 Å². The van der Waals surface area contributed by atoms with Crippen molar-refractivity contribution in [2.24, 2.45) is 17.8 Å². The van der Waals surface area contributed by atoms with Gasteiger partial charge in [-0.05, 0) is 74.9 Å². The number of carboxylic acid groups (broad SMARTS) is 1. The summed E-state index contributed by atoms with van der Waals surface area (Å²) in [6.45, 7) is 9.01. The minimum atomic E-state index is -4.09. The number of nitrogens with one attached hydrogen (secondary N) is 4. The first-order valence-electron chi connectivity index (χ1n) is 28.1. The number of aromatic nitrogens is 4. The summed E-state index contributed by atoms with van der Waals surface area (Å²) < 4.78 is 85.6. The van der Waals surface area contributed by atoms with Gasteiger partial charge in [-0.3, -0.25) is 9.35 Å². The summed E-state index contributed by atoms with van der Waals surface area (Å²) in [6, 6.07) is 1.11. The normalized spacial score (nSPS) is 17.8. The Morgan fingerprint density at radius 2 is 1.43 bits per heavy atom. The molecule has 1 aliphatic heterocycles. The van der Waals surface area contributed by atoms with Crippen LogP contribution >= 0.6 is 31.9 Å². The number of aldehydes is 1. The van der Waals surface area contributed by atoms with Gasteiger partial charge >= 0.3 is 18.1 Å². The summed E-state index contributed by atoms with van der Waals surface area (Å²) in [6.07, 6.45) is 6.51. The van der Waals surface area contributed by atoms with Crippen molar-refractivity contribution in [1.82, 2.24) is 30.7 Å². The van der Waals surface area contributed by atoms with Gasteiger partial charge in [-0.2, -0.15) is 23.4 Å². The highest BCUT2D eigenvalue weighted by Gasteiger charge is 2.49. The number of nitrogens with zero attached hydrogens (tertiary/aromatic N) is 5. The number of halogens is 2. The highest BCUT2D eigenvalue weighted by Crippen LogP contribution is 2.52. The number of piperazine rings is 1. The molecule has 7 N–H and O–H groups in total. The lowest BCUT2D eigenvalue weighted by Crippen LogP contribution is -2.61. The van der Waals surface area contributed by atoms with Crippen LogP contribution in [0.4, 0.5) is 16.7 Å². The molecule has 1 aromatic carbocycles. The van der Waals surface area contributed by atoms with Crippen LogP contribution in [-0.2, 0) is 52.9 Å². The molecule has 83 heavy (non-hydrogen) atoms. The van der Waals surface area contributed by atoms with Gasteiger partial charge in [0, 0.05) is 58.0 Å². The fraction of sp³-hybridized carbons (Fsp3) is 0.698. The topological polar surface area (TPSA) is 332 Å². The largest absolute Gasteiger partial charge is 0.489 e. The summed E-state index contributed by atoms with van der Waals surface area (Å²) in [7, 11) is -4.09. The zero-order chi connectivity index (χ0) is 59.1. The fourth-order valence-electron chi connectivity index (χ4n) is 9.67. The van der Waals surface area contributed by atoms with Gasteiger partial charge in [0.15, 0.2) is 5.75 Å². The number of rotatable bonds is 44. The van der Waals surface area contributed by atoms with Gasteiger partial charge in [-0.15, -0.1) is 17.3 Å². The van der Waals surface area contributed by atoms with Gasteiger partial charge in [0.2, 0.25) is 11.9 Å². The first-order chi connectivity index (χ1) is 40.3. The molecule has 1 saturated heterocycles. The van der Waals surface area contributed by atoms with Gasteiger partial charge in [-0.1, -0.05) is 0 Å². The Balaban J connectivity index is 0.831. The molecule has 27 nitrogen and oxygen atoms in total. The molecule has 6 rings (SSSR count). The molecule has 2 fully saturated rings. The van der Waals surface area contributed by atoms with E-state index in [0.717, 1.165) is 31.2 Å². The summed E-state index contributed by atoms with van der Waals surface area (Å²) in [5.41, 5.74) is 3.34. The molecule has 1 saturated carbocycles. The first kappa shape index (κ1) is 67.4. The second-order valence-corrected chi connectivity index (χ2v) is 23.1. The van der Waals surface area contributed by atoms with Crippen LogP contribution < -0.4 is 35.3 Å². The zero-order valence-electron chi connectivity index (χ0n) is 46.7. The maximum atomic E-state index is 12.2. The summed E-state index contributed by atoms with van der Waals surface area (Å²) >= 11 is 7.12. The molecular formula is C53H80Br2N9O18S+. The third kappa shape index (κ3) is 24.6. The number of hydrogen-bond donors (Lipinski definition) is 7. The van der Waals surface area contributed by atoms with Crippen LogP contribution in [0.3, 0.4) is 0 Å². The number of carbonyl (C=O) groups excluding carboxylic acids is 2. The van der Waals surface area contributed by atoms with Gasteiger partial charge in [-0.25, -0.2) is 4.79 Å². The molecule has 3 heterocycles. The fourth-order valence-corrected chi connectivity index (χ4v) is 11.7. The molecule has 30 heteroatoms. The van der Waals surface area contributed by atoms with Crippen molar-refractivity contribution in [2.75, 3.05) is 174 Å². The Kier molecular flexibility index (Phi) is 30.0. The zero-order valence-corrected chi connectivity index (χ0v) is 50.7. The maximum Gasteiger partial charge on any atom is 0.407 e. The number of aliphatic carboxylic acids is 1. The average molecular weight is 1320 g/mol. The maximum absolute atomic E-state index is 12.2. The number of carbonyl (C=O) groups is 3. The average Bonchev–Trinajstić information content (AvgIpc) is 4.19. The van der Waals surface area contributed by atoms with Crippen molar-refractivity contribution < 1.29 is 89.5 Å². The Morgan fingerprint density at radius 1 is 0.831 bits per heavy atom. The second-order valence-electron chi connectivity index (χ2n) is 19.9. The third-order valence-corrected chi connectivity index (χ3v) is 16.2. The van der Waals surface area contributed by atoms with E-state index in [0.29, 0.717) is 198 Å². The molecule has 3 aromatic rings.